The van der Waals surface area contributed by atoms with Crippen LogP contribution in [0.15, 0.2) is 36.8 Å². The first-order valence-electron chi connectivity index (χ1n) is 5.63. The third kappa shape index (κ3) is 1.83. The van der Waals surface area contributed by atoms with Crippen LogP contribution in [0.1, 0.15) is 10.4 Å². The highest BCUT2D eigenvalue weighted by Crippen LogP contribution is 2.23. The Bertz CT molecular complexity index is 765. The van der Waals surface area contributed by atoms with Crippen molar-refractivity contribution in [2.75, 3.05) is 0 Å². The Morgan fingerprint density at radius 2 is 2.21 bits per heavy atom. The summed E-state index contributed by atoms with van der Waals surface area (Å²) in [5, 5.41) is 13.9. The fourth-order valence-corrected chi connectivity index (χ4v) is 1.95. The maximum atomic E-state index is 11.3. The summed E-state index contributed by atoms with van der Waals surface area (Å²) < 4.78 is 1.56. The van der Waals surface area contributed by atoms with Gasteiger partial charge in [0.15, 0.2) is 5.65 Å². The number of aromatic nitrogens is 4. The monoisotopic (exact) mass is 254 g/mol. The van der Waals surface area contributed by atoms with Gasteiger partial charge in [-0.2, -0.15) is 5.10 Å². The summed E-state index contributed by atoms with van der Waals surface area (Å²) in [6, 6.07) is 5.16. The van der Waals surface area contributed by atoms with Crippen LogP contribution in [0, 0.1) is 0 Å². The van der Waals surface area contributed by atoms with Gasteiger partial charge in [0.05, 0.1) is 22.8 Å². The third-order valence-electron chi connectivity index (χ3n) is 2.89. The summed E-state index contributed by atoms with van der Waals surface area (Å²) >= 11 is 0. The van der Waals surface area contributed by atoms with E-state index in [1.165, 1.54) is 6.20 Å². The highest BCUT2D eigenvalue weighted by Gasteiger charge is 2.15. The van der Waals surface area contributed by atoms with E-state index < -0.39 is 5.97 Å². The van der Waals surface area contributed by atoms with Crippen molar-refractivity contribution in [2.24, 2.45) is 7.05 Å². The van der Waals surface area contributed by atoms with E-state index in [-0.39, 0.29) is 5.56 Å². The van der Waals surface area contributed by atoms with E-state index in [0.717, 1.165) is 5.56 Å². The number of nitrogens with zero attached hydrogens (tertiary/aromatic N) is 4. The van der Waals surface area contributed by atoms with Gasteiger partial charge in [0.2, 0.25) is 0 Å². The molecule has 0 aliphatic carbocycles. The average molecular weight is 254 g/mol. The lowest BCUT2D eigenvalue weighted by Crippen LogP contribution is -2.01. The fourth-order valence-electron chi connectivity index (χ4n) is 1.95. The Morgan fingerprint density at radius 3 is 2.89 bits per heavy atom. The second-order valence-electron chi connectivity index (χ2n) is 4.11. The average Bonchev–Trinajstić information content (AvgIpc) is 2.80. The molecule has 0 radical (unpaired) electrons. The van der Waals surface area contributed by atoms with E-state index in [4.69, 9.17) is 0 Å². The van der Waals surface area contributed by atoms with Crippen molar-refractivity contribution < 1.29 is 9.90 Å². The molecule has 3 rings (SSSR count). The molecule has 0 fully saturated rings. The molecular formula is C13H10N4O2. The maximum absolute atomic E-state index is 11.3. The topological polar surface area (TPSA) is 80.9 Å². The highest BCUT2D eigenvalue weighted by molar-refractivity contribution is 6.02. The standard InChI is InChI=1S/C13H10N4O2/c1-17-12-10(7-15-17)9(13(18)19)5-11(16-12)8-3-2-4-14-6-8/h2-7H,1H3,(H,18,19). The molecule has 0 saturated carbocycles. The van der Waals surface area contributed by atoms with E-state index in [9.17, 15) is 9.90 Å². The molecule has 19 heavy (non-hydrogen) atoms. The van der Waals surface area contributed by atoms with Crippen LogP contribution < -0.4 is 0 Å². The summed E-state index contributed by atoms with van der Waals surface area (Å²) in [6.07, 6.45) is 4.82. The first-order chi connectivity index (χ1) is 9.16. The number of rotatable bonds is 2. The lowest BCUT2D eigenvalue weighted by Gasteiger charge is -2.04. The van der Waals surface area contributed by atoms with Crippen LogP contribution in [-0.4, -0.2) is 30.8 Å². The van der Waals surface area contributed by atoms with Crippen LogP contribution in [0.25, 0.3) is 22.3 Å². The predicted molar refractivity (Wildman–Crippen MR) is 68.7 cm³/mol. The summed E-state index contributed by atoms with van der Waals surface area (Å²) in [6.45, 7) is 0. The Balaban J connectivity index is 2.33. The molecule has 0 aliphatic heterocycles. The minimum Gasteiger partial charge on any atom is -0.478 e. The van der Waals surface area contributed by atoms with Gasteiger partial charge in [0.25, 0.3) is 0 Å². The van der Waals surface area contributed by atoms with E-state index in [1.807, 2.05) is 6.07 Å². The van der Waals surface area contributed by atoms with Gasteiger partial charge in [-0.3, -0.25) is 9.67 Å². The molecule has 94 valence electrons. The van der Waals surface area contributed by atoms with Gasteiger partial charge in [-0.05, 0) is 18.2 Å². The minimum atomic E-state index is -0.995. The van der Waals surface area contributed by atoms with Crippen LogP contribution in [-0.2, 0) is 7.05 Å². The number of carboxylic acids is 1. The molecule has 6 heteroatoms. The molecule has 3 heterocycles. The quantitative estimate of drug-likeness (QED) is 0.753. The van der Waals surface area contributed by atoms with Gasteiger partial charge < -0.3 is 5.11 Å². The lowest BCUT2D eigenvalue weighted by molar-refractivity contribution is 0.0699. The SMILES string of the molecule is Cn1ncc2c(C(=O)O)cc(-c3cccnc3)nc21. The van der Waals surface area contributed by atoms with Crippen LogP contribution in [0.2, 0.25) is 0 Å². The van der Waals surface area contributed by atoms with Gasteiger partial charge >= 0.3 is 5.97 Å². The van der Waals surface area contributed by atoms with Crippen molar-refractivity contribution in [3.63, 3.8) is 0 Å². The molecule has 3 aromatic rings. The molecule has 0 spiro atoms. The zero-order valence-corrected chi connectivity index (χ0v) is 10.1. The number of fused-ring (bicyclic) bond motifs is 1. The normalized spacial score (nSPS) is 10.8. The van der Waals surface area contributed by atoms with Crippen molar-refractivity contribution >= 4 is 17.0 Å². The lowest BCUT2D eigenvalue weighted by atomic mass is 10.1. The molecule has 0 atom stereocenters. The molecule has 6 nitrogen and oxygen atoms in total. The number of hydrogen-bond acceptors (Lipinski definition) is 4. The summed E-state index contributed by atoms with van der Waals surface area (Å²) in [4.78, 5) is 19.8. The maximum Gasteiger partial charge on any atom is 0.336 e. The van der Waals surface area contributed by atoms with Crippen LogP contribution in [0.5, 0.6) is 0 Å². The molecule has 0 saturated heterocycles. The third-order valence-corrected chi connectivity index (χ3v) is 2.89. The zero-order valence-electron chi connectivity index (χ0n) is 10.1. The number of pyridine rings is 2. The van der Waals surface area contributed by atoms with Gasteiger partial charge in [0.1, 0.15) is 0 Å². The van der Waals surface area contributed by atoms with Crippen molar-refractivity contribution in [2.45, 2.75) is 0 Å². The van der Waals surface area contributed by atoms with Crippen molar-refractivity contribution in [1.82, 2.24) is 19.7 Å². The van der Waals surface area contributed by atoms with E-state index in [1.54, 1.807) is 36.3 Å². The minimum absolute atomic E-state index is 0.192. The molecule has 0 aromatic carbocycles. The molecule has 3 aromatic heterocycles. The first kappa shape index (κ1) is 11.3. The molecule has 0 amide bonds. The number of aryl methyl sites for hydroxylation is 1. The van der Waals surface area contributed by atoms with Crippen molar-refractivity contribution in [3.8, 4) is 11.3 Å². The zero-order chi connectivity index (χ0) is 13.4. The Hall–Kier alpha value is -2.76. The number of carbonyl (C=O) groups is 1. The van der Waals surface area contributed by atoms with Crippen molar-refractivity contribution in [3.05, 3.63) is 42.4 Å². The summed E-state index contributed by atoms with van der Waals surface area (Å²) in [5.74, 6) is -0.995. The number of carboxylic acid groups (broad SMARTS) is 1. The summed E-state index contributed by atoms with van der Waals surface area (Å²) in [5.41, 5.74) is 2.07. The van der Waals surface area contributed by atoms with E-state index in [2.05, 4.69) is 15.1 Å². The van der Waals surface area contributed by atoms with Crippen LogP contribution in [0.3, 0.4) is 0 Å². The molecule has 1 N–H and O–H groups in total. The van der Waals surface area contributed by atoms with Crippen LogP contribution in [0.4, 0.5) is 0 Å². The summed E-state index contributed by atoms with van der Waals surface area (Å²) in [7, 11) is 1.73. The van der Waals surface area contributed by atoms with Gasteiger partial charge in [-0.25, -0.2) is 9.78 Å². The van der Waals surface area contributed by atoms with Gasteiger partial charge in [-0.1, -0.05) is 0 Å². The fraction of sp³-hybridized carbons (Fsp3) is 0.0769. The Morgan fingerprint density at radius 1 is 1.37 bits per heavy atom. The Kier molecular flexibility index (Phi) is 2.49. The van der Waals surface area contributed by atoms with E-state index >= 15 is 0 Å². The second kappa shape index (κ2) is 4.16. The Labute approximate surface area is 108 Å². The van der Waals surface area contributed by atoms with Gasteiger partial charge in [0, 0.05) is 25.0 Å². The molecule has 0 bridgehead atoms. The smallest absolute Gasteiger partial charge is 0.336 e. The molecule has 0 aliphatic rings. The predicted octanol–water partition coefficient (Wildman–Crippen LogP) is 1.73. The highest BCUT2D eigenvalue weighted by atomic mass is 16.4. The van der Waals surface area contributed by atoms with Crippen LogP contribution >= 0.6 is 0 Å². The molecular weight excluding hydrogens is 244 g/mol. The van der Waals surface area contributed by atoms with E-state index in [0.29, 0.717) is 16.7 Å². The van der Waals surface area contributed by atoms with Crippen molar-refractivity contribution in [1.29, 1.82) is 0 Å². The van der Waals surface area contributed by atoms with Gasteiger partial charge in [-0.15, -0.1) is 0 Å². The largest absolute Gasteiger partial charge is 0.478 e. The number of aromatic carboxylic acids is 1. The second-order valence-corrected chi connectivity index (χ2v) is 4.11. The first-order valence-corrected chi connectivity index (χ1v) is 5.63. The molecule has 0 unspecified atom stereocenters. The number of hydrogen-bond donors (Lipinski definition) is 1.